The van der Waals surface area contributed by atoms with Gasteiger partial charge >= 0.3 is 0 Å². The lowest BCUT2D eigenvalue weighted by Gasteiger charge is -2.00. The summed E-state index contributed by atoms with van der Waals surface area (Å²) in [6.07, 6.45) is 0.722. The molecule has 0 aliphatic rings. The van der Waals surface area contributed by atoms with E-state index in [2.05, 4.69) is 22.6 Å². The molecule has 0 unspecified atom stereocenters. The van der Waals surface area contributed by atoms with Crippen LogP contribution in [0.25, 0.3) is 0 Å². The maximum atomic E-state index is 10.6. The number of halogens is 1. The SMILES string of the molecule is Cc1cc(I)c(C=O)c(C#N)c1. The summed E-state index contributed by atoms with van der Waals surface area (Å²) >= 11 is 2.05. The van der Waals surface area contributed by atoms with Gasteiger partial charge in [0.15, 0.2) is 6.29 Å². The number of nitriles is 1. The largest absolute Gasteiger partial charge is 0.298 e. The van der Waals surface area contributed by atoms with Crippen molar-refractivity contribution in [2.75, 3.05) is 0 Å². The Morgan fingerprint density at radius 1 is 1.58 bits per heavy atom. The first-order valence-electron chi connectivity index (χ1n) is 3.34. The molecule has 1 aromatic rings. The molecule has 12 heavy (non-hydrogen) atoms. The van der Waals surface area contributed by atoms with Crippen molar-refractivity contribution in [3.05, 3.63) is 32.4 Å². The van der Waals surface area contributed by atoms with Gasteiger partial charge in [0.2, 0.25) is 0 Å². The first kappa shape index (κ1) is 9.20. The fourth-order valence-electron chi connectivity index (χ4n) is 0.966. The predicted octanol–water partition coefficient (Wildman–Crippen LogP) is 2.28. The van der Waals surface area contributed by atoms with Gasteiger partial charge in [0.05, 0.1) is 11.6 Å². The second-order valence-electron chi connectivity index (χ2n) is 2.44. The minimum absolute atomic E-state index is 0.453. The molecule has 0 saturated heterocycles. The quantitative estimate of drug-likeness (QED) is 0.580. The molecular formula is C9H6INO. The van der Waals surface area contributed by atoms with Gasteiger partial charge in [0.25, 0.3) is 0 Å². The summed E-state index contributed by atoms with van der Waals surface area (Å²) in [6, 6.07) is 5.59. The van der Waals surface area contributed by atoms with Crippen LogP contribution in [0.15, 0.2) is 12.1 Å². The highest BCUT2D eigenvalue weighted by molar-refractivity contribution is 14.1. The molecule has 0 bridgehead atoms. The van der Waals surface area contributed by atoms with E-state index in [1.807, 2.05) is 19.1 Å². The second kappa shape index (κ2) is 3.68. The smallest absolute Gasteiger partial charge is 0.152 e. The Hall–Kier alpha value is -0.890. The van der Waals surface area contributed by atoms with Crippen LogP contribution in [-0.2, 0) is 0 Å². The van der Waals surface area contributed by atoms with E-state index in [1.165, 1.54) is 0 Å². The maximum Gasteiger partial charge on any atom is 0.152 e. The molecule has 0 amide bonds. The van der Waals surface area contributed by atoms with Crippen molar-refractivity contribution in [2.24, 2.45) is 0 Å². The van der Waals surface area contributed by atoms with Crippen LogP contribution in [0.5, 0.6) is 0 Å². The van der Waals surface area contributed by atoms with E-state index in [1.54, 1.807) is 6.07 Å². The molecule has 0 radical (unpaired) electrons. The average Bonchev–Trinajstić information content (AvgIpc) is 2.03. The molecule has 0 atom stereocenters. The molecule has 0 N–H and O–H groups in total. The Balaban J connectivity index is 3.46. The molecule has 2 nitrogen and oxygen atoms in total. The zero-order valence-electron chi connectivity index (χ0n) is 6.47. The second-order valence-corrected chi connectivity index (χ2v) is 3.60. The Morgan fingerprint density at radius 2 is 2.25 bits per heavy atom. The molecule has 3 heteroatoms. The fraction of sp³-hybridized carbons (Fsp3) is 0.111. The number of nitrogens with zero attached hydrogens (tertiary/aromatic N) is 1. The van der Waals surface area contributed by atoms with Gasteiger partial charge < -0.3 is 0 Å². The Bertz CT molecular complexity index is 366. The Kier molecular flexibility index (Phi) is 2.82. The zero-order valence-corrected chi connectivity index (χ0v) is 8.62. The molecule has 1 rings (SSSR count). The van der Waals surface area contributed by atoms with Gasteiger partial charge in [0.1, 0.15) is 0 Å². The molecule has 0 saturated carbocycles. The van der Waals surface area contributed by atoms with Crippen molar-refractivity contribution in [1.82, 2.24) is 0 Å². The molecule has 60 valence electrons. The lowest BCUT2D eigenvalue weighted by molar-refractivity contribution is 0.112. The van der Waals surface area contributed by atoms with E-state index >= 15 is 0 Å². The summed E-state index contributed by atoms with van der Waals surface area (Å²) in [5, 5.41) is 8.69. The van der Waals surface area contributed by atoms with E-state index in [0.29, 0.717) is 11.1 Å². The minimum atomic E-state index is 0.453. The first-order chi connectivity index (χ1) is 5.69. The summed E-state index contributed by atoms with van der Waals surface area (Å²) in [6.45, 7) is 1.90. The van der Waals surface area contributed by atoms with Crippen molar-refractivity contribution < 1.29 is 4.79 Å². The van der Waals surface area contributed by atoms with Crippen molar-refractivity contribution in [1.29, 1.82) is 5.26 Å². The highest BCUT2D eigenvalue weighted by Gasteiger charge is 2.05. The maximum absolute atomic E-state index is 10.6. The normalized spacial score (nSPS) is 9.08. The number of hydrogen-bond acceptors (Lipinski definition) is 2. The van der Waals surface area contributed by atoms with Crippen LogP contribution < -0.4 is 0 Å². The van der Waals surface area contributed by atoms with Crippen LogP contribution in [0, 0.1) is 21.8 Å². The van der Waals surface area contributed by atoms with Crippen molar-refractivity contribution in [3.8, 4) is 6.07 Å². The van der Waals surface area contributed by atoms with E-state index in [9.17, 15) is 4.79 Å². The van der Waals surface area contributed by atoms with Gasteiger partial charge in [0, 0.05) is 9.13 Å². The minimum Gasteiger partial charge on any atom is -0.298 e. The molecule has 0 aliphatic heterocycles. The van der Waals surface area contributed by atoms with Crippen LogP contribution in [0.3, 0.4) is 0 Å². The van der Waals surface area contributed by atoms with Crippen LogP contribution in [-0.4, -0.2) is 6.29 Å². The molecule has 0 heterocycles. The number of carbonyl (C=O) groups is 1. The summed E-state index contributed by atoms with van der Waals surface area (Å²) in [5.41, 5.74) is 1.94. The summed E-state index contributed by atoms with van der Waals surface area (Å²) in [7, 11) is 0. The first-order valence-corrected chi connectivity index (χ1v) is 4.42. The van der Waals surface area contributed by atoms with Gasteiger partial charge in [-0.25, -0.2) is 0 Å². The third-order valence-electron chi connectivity index (χ3n) is 1.51. The molecule has 0 fully saturated rings. The molecule has 0 aromatic heterocycles. The highest BCUT2D eigenvalue weighted by atomic mass is 127. The summed E-state index contributed by atoms with van der Waals surface area (Å²) in [5.74, 6) is 0. The fourth-order valence-corrected chi connectivity index (χ4v) is 1.87. The lowest BCUT2D eigenvalue weighted by Crippen LogP contribution is -1.92. The van der Waals surface area contributed by atoms with Crippen LogP contribution >= 0.6 is 22.6 Å². The van der Waals surface area contributed by atoms with Gasteiger partial charge in [-0.1, -0.05) is 0 Å². The van der Waals surface area contributed by atoms with Crippen LogP contribution in [0.1, 0.15) is 21.5 Å². The standard InChI is InChI=1S/C9H6INO/c1-6-2-7(4-11)8(5-12)9(10)3-6/h2-3,5H,1H3. The van der Waals surface area contributed by atoms with E-state index in [4.69, 9.17) is 5.26 Å². The summed E-state index contributed by atoms with van der Waals surface area (Å²) < 4.78 is 0.833. The number of hydrogen-bond donors (Lipinski definition) is 0. The third-order valence-corrected chi connectivity index (χ3v) is 2.40. The van der Waals surface area contributed by atoms with Crippen molar-refractivity contribution in [3.63, 3.8) is 0 Å². The summed E-state index contributed by atoms with van der Waals surface area (Å²) in [4.78, 5) is 10.6. The van der Waals surface area contributed by atoms with Gasteiger partial charge in [-0.05, 0) is 47.2 Å². The monoisotopic (exact) mass is 271 g/mol. The third kappa shape index (κ3) is 1.64. The zero-order chi connectivity index (χ0) is 9.14. The van der Waals surface area contributed by atoms with Gasteiger partial charge in [-0.3, -0.25) is 4.79 Å². The predicted molar refractivity (Wildman–Crippen MR) is 54.0 cm³/mol. The van der Waals surface area contributed by atoms with Gasteiger partial charge in [-0.2, -0.15) is 5.26 Å². The highest BCUT2D eigenvalue weighted by Crippen LogP contribution is 2.16. The molecule has 0 spiro atoms. The van der Waals surface area contributed by atoms with Crippen LogP contribution in [0.4, 0.5) is 0 Å². The van der Waals surface area contributed by atoms with E-state index in [-0.39, 0.29) is 0 Å². The molecule has 1 aromatic carbocycles. The van der Waals surface area contributed by atoms with Crippen molar-refractivity contribution in [2.45, 2.75) is 6.92 Å². The Morgan fingerprint density at radius 3 is 2.75 bits per heavy atom. The molecular weight excluding hydrogens is 265 g/mol. The van der Waals surface area contributed by atoms with E-state index in [0.717, 1.165) is 15.4 Å². The van der Waals surface area contributed by atoms with E-state index < -0.39 is 0 Å². The topological polar surface area (TPSA) is 40.9 Å². The average molecular weight is 271 g/mol. The van der Waals surface area contributed by atoms with Crippen molar-refractivity contribution >= 4 is 28.9 Å². The number of carbonyl (C=O) groups excluding carboxylic acids is 1. The number of benzene rings is 1. The molecule has 0 aliphatic carbocycles. The number of aldehydes is 1. The number of aryl methyl sites for hydroxylation is 1. The van der Waals surface area contributed by atoms with Crippen LogP contribution in [0.2, 0.25) is 0 Å². The Labute approximate surface area is 84.3 Å². The number of rotatable bonds is 1. The lowest BCUT2D eigenvalue weighted by atomic mass is 10.1. The van der Waals surface area contributed by atoms with Gasteiger partial charge in [-0.15, -0.1) is 0 Å².